The van der Waals surface area contributed by atoms with Gasteiger partial charge in [-0.2, -0.15) is 0 Å². The molecule has 0 fully saturated rings. The summed E-state index contributed by atoms with van der Waals surface area (Å²) in [6, 6.07) is 0. The van der Waals surface area contributed by atoms with Crippen LogP contribution in [0.4, 0.5) is 0 Å². The second-order valence-corrected chi connectivity index (χ2v) is 4.03. The highest BCUT2D eigenvalue weighted by Gasteiger charge is 2.32. The Morgan fingerprint density at radius 3 is 3.00 bits per heavy atom. The normalized spacial score (nSPS) is 29.3. The van der Waals surface area contributed by atoms with Crippen LogP contribution in [0.3, 0.4) is 0 Å². The molecule has 0 aromatic carbocycles. The van der Waals surface area contributed by atoms with Gasteiger partial charge in [0, 0.05) is 36.1 Å². The first kappa shape index (κ1) is 9.46. The summed E-state index contributed by atoms with van der Waals surface area (Å²) in [6.07, 6.45) is 5.00. The predicted octanol–water partition coefficient (Wildman–Crippen LogP) is 1.22. The van der Waals surface area contributed by atoms with Crippen molar-refractivity contribution in [2.45, 2.75) is 12.6 Å². The molecule has 4 heteroatoms. The SMILES string of the molecule is C=C(NC)C1=CNC2NC=C(Cl)CC12. The Hall–Kier alpha value is -1.09. The van der Waals surface area contributed by atoms with Crippen LogP contribution in [-0.2, 0) is 0 Å². The van der Waals surface area contributed by atoms with Crippen molar-refractivity contribution in [2.24, 2.45) is 5.92 Å². The zero-order chi connectivity index (χ0) is 10.1. The Balaban J connectivity index is 2.16. The molecule has 2 aliphatic heterocycles. The van der Waals surface area contributed by atoms with Gasteiger partial charge in [0.1, 0.15) is 6.17 Å². The molecule has 2 heterocycles. The molecule has 0 aromatic heterocycles. The molecule has 0 spiro atoms. The first-order valence-electron chi connectivity index (χ1n) is 4.66. The number of allylic oxidation sites excluding steroid dienone is 2. The average molecular weight is 212 g/mol. The van der Waals surface area contributed by atoms with E-state index in [0.29, 0.717) is 5.92 Å². The van der Waals surface area contributed by atoms with E-state index in [0.717, 1.165) is 17.2 Å². The quantitative estimate of drug-likeness (QED) is 0.643. The van der Waals surface area contributed by atoms with E-state index in [2.05, 4.69) is 22.5 Å². The number of hydrogen-bond donors (Lipinski definition) is 3. The molecule has 0 saturated carbocycles. The van der Waals surface area contributed by atoms with Crippen LogP contribution in [0.15, 0.2) is 35.3 Å². The Morgan fingerprint density at radius 2 is 2.29 bits per heavy atom. The van der Waals surface area contributed by atoms with E-state index >= 15 is 0 Å². The molecule has 76 valence electrons. The van der Waals surface area contributed by atoms with Crippen molar-refractivity contribution in [3.63, 3.8) is 0 Å². The Kier molecular flexibility index (Phi) is 2.42. The number of hydrogen-bond acceptors (Lipinski definition) is 3. The zero-order valence-corrected chi connectivity index (χ0v) is 8.86. The van der Waals surface area contributed by atoms with Gasteiger partial charge in [0.15, 0.2) is 0 Å². The van der Waals surface area contributed by atoms with E-state index in [9.17, 15) is 0 Å². The molecular formula is C10H14ClN3. The summed E-state index contributed by atoms with van der Waals surface area (Å²) < 4.78 is 0. The van der Waals surface area contributed by atoms with Crippen molar-refractivity contribution in [3.8, 4) is 0 Å². The van der Waals surface area contributed by atoms with Gasteiger partial charge in [-0.25, -0.2) is 0 Å². The third-order valence-corrected chi connectivity index (χ3v) is 2.97. The molecule has 3 N–H and O–H groups in total. The van der Waals surface area contributed by atoms with Crippen LogP contribution >= 0.6 is 11.6 Å². The van der Waals surface area contributed by atoms with Gasteiger partial charge < -0.3 is 16.0 Å². The van der Waals surface area contributed by atoms with E-state index in [1.165, 1.54) is 5.57 Å². The number of halogens is 1. The lowest BCUT2D eigenvalue weighted by Gasteiger charge is -2.27. The molecule has 0 aliphatic carbocycles. The van der Waals surface area contributed by atoms with Crippen LogP contribution in [0, 0.1) is 5.92 Å². The summed E-state index contributed by atoms with van der Waals surface area (Å²) in [4.78, 5) is 0. The van der Waals surface area contributed by atoms with Crippen molar-refractivity contribution in [2.75, 3.05) is 7.05 Å². The maximum atomic E-state index is 5.99. The Morgan fingerprint density at radius 1 is 1.57 bits per heavy atom. The largest absolute Gasteiger partial charge is 0.388 e. The van der Waals surface area contributed by atoms with Crippen molar-refractivity contribution < 1.29 is 0 Å². The van der Waals surface area contributed by atoms with Crippen molar-refractivity contribution >= 4 is 11.6 Å². The van der Waals surface area contributed by atoms with Crippen molar-refractivity contribution in [3.05, 3.63) is 35.3 Å². The molecular weight excluding hydrogens is 198 g/mol. The van der Waals surface area contributed by atoms with Gasteiger partial charge in [0.25, 0.3) is 0 Å². The number of nitrogens with one attached hydrogen (secondary N) is 3. The number of fused-ring (bicyclic) bond motifs is 1. The van der Waals surface area contributed by atoms with Crippen LogP contribution in [0.1, 0.15) is 6.42 Å². The first-order valence-corrected chi connectivity index (χ1v) is 5.04. The van der Waals surface area contributed by atoms with Gasteiger partial charge in [0.2, 0.25) is 0 Å². The molecule has 3 nitrogen and oxygen atoms in total. The highest BCUT2D eigenvalue weighted by atomic mass is 35.5. The highest BCUT2D eigenvalue weighted by Crippen LogP contribution is 2.33. The Labute approximate surface area is 88.9 Å². The lowest BCUT2D eigenvalue weighted by Crippen LogP contribution is -2.42. The lowest BCUT2D eigenvalue weighted by molar-refractivity contribution is 0.412. The smallest absolute Gasteiger partial charge is 0.103 e. The second-order valence-electron chi connectivity index (χ2n) is 3.54. The Bertz CT molecular complexity index is 319. The van der Waals surface area contributed by atoms with E-state index < -0.39 is 0 Å². The third kappa shape index (κ3) is 1.48. The molecule has 2 rings (SSSR count). The zero-order valence-electron chi connectivity index (χ0n) is 8.10. The molecule has 2 unspecified atom stereocenters. The topological polar surface area (TPSA) is 36.1 Å². The third-order valence-electron chi connectivity index (χ3n) is 2.70. The summed E-state index contributed by atoms with van der Waals surface area (Å²) in [7, 11) is 1.88. The molecule has 0 amide bonds. The monoisotopic (exact) mass is 211 g/mol. The van der Waals surface area contributed by atoms with Crippen LogP contribution in [0.5, 0.6) is 0 Å². The summed E-state index contributed by atoms with van der Waals surface area (Å²) in [5, 5.41) is 10.4. The summed E-state index contributed by atoms with van der Waals surface area (Å²) >= 11 is 5.99. The fraction of sp³-hybridized carbons (Fsp3) is 0.400. The molecule has 2 aliphatic rings. The molecule has 0 aromatic rings. The maximum Gasteiger partial charge on any atom is 0.103 e. The van der Waals surface area contributed by atoms with Gasteiger partial charge >= 0.3 is 0 Å². The van der Waals surface area contributed by atoms with Crippen LogP contribution in [0.25, 0.3) is 0 Å². The van der Waals surface area contributed by atoms with Gasteiger partial charge in [-0.1, -0.05) is 18.2 Å². The van der Waals surface area contributed by atoms with E-state index in [4.69, 9.17) is 11.6 Å². The molecule has 0 saturated heterocycles. The summed E-state index contributed by atoms with van der Waals surface area (Å²) in [5.41, 5.74) is 2.16. The van der Waals surface area contributed by atoms with Gasteiger partial charge in [-0.05, 0) is 12.0 Å². The van der Waals surface area contributed by atoms with Gasteiger partial charge in [0.05, 0.1) is 0 Å². The summed E-state index contributed by atoms with van der Waals surface area (Å²) in [6.45, 7) is 3.96. The standard InChI is InChI=1S/C10H14ClN3/c1-6(12-2)9-5-14-10-8(9)3-7(11)4-13-10/h4-5,8,10,12-14H,1,3H2,2H3. The van der Waals surface area contributed by atoms with Gasteiger partial charge in [-0.3, -0.25) is 0 Å². The average Bonchev–Trinajstić information content (AvgIpc) is 2.59. The number of rotatable bonds is 2. The fourth-order valence-corrected chi connectivity index (χ4v) is 2.11. The summed E-state index contributed by atoms with van der Waals surface area (Å²) in [5.74, 6) is 0.382. The molecule has 2 atom stereocenters. The highest BCUT2D eigenvalue weighted by molar-refractivity contribution is 6.29. The minimum Gasteiger partial charge on any atom is -0.388 e. The van der Waals surface area contributed by atoms with Crippen LogP contribution in [0.2, 0.25) is 0 Å². The van der Waals surface area contributed by atoms with Gasteiger partial charge in [-0.15, -0.1) is 0 Å². The van der Waals surface area contributed by atoms with E-state index in [-0.39, 0.29) is 6.17 Å². The van der Waals surface area contributed by atoms with E-state index in [1.807, 2.05) is 19.4 Å². The molecule has 0 bridgehead atoms. The minimum atomic E-state index is 0.262. The number of likely N-dealkylation sites (N-methyl/N-ethyl adjacent to an activating group) is 1. The predicted molar refractivity (Wildman–Crippen MR) is 58.4 cm³/mol. The van der Waals surface area contributed by atoms with Crippen molar-refractivity contribution in [1.82, 2.24) is 16.0 Å². The minimum absolute atomic E-state index is 0.262. The van der Waals surface area contributed by atoms with Crippen LogP contribution in [-0.4, -0.2) is 13.2 Å². The maximum absolute atomic E-state index is 5.99. The first-order chi connectivity index (χ1) is 6.72. The van der Waals surface area contributed by atoms with E-state index in [1.54, 1.807) is 0 Å². The second kappa shape index (κ2) is 3.58. The lowest BCUT2D eigenvalue weighted by atomic mass is 9.92. The molecule has 0 radical (unpaired) electrons. The van der Waals surface area contributed by atoms with Crippen LogP contribution < -0.4 is 16.0 Å². The fourth-order valence-electron chi connectivity index (χ4n) is 1.88. The molecule has 14 heavy (non-hydrogen) atoms. The van der Waals surface area contributed by atoms with Crippen molar-refractivity contribution in [1.29, 1.82) is 0 Å².